The van der Waals surface area contributed by atoms with E-state index >= 15 is 0 Å². The van der Waals surface area contributed by atoms with Crippen molar-refractivity contribution >= 4 is 12.2 Å². The second-order valence-corrected chi connectivity index (χ2v) is 7.57. The SMILES string of the molecule is CC(C(=O)N1C(C=O)OC[C@H]1Cc1ccccc1)c1ccccc1C1CC1. The summed E-state index contributed by atoms with van der Waals surface area (Å²) in [7, 11) is 0. The third-order valence-corrected chi connectivity index (χ3v) is 5.66. The molecule has 2 aromatic rings. The fraction of sp³-hybridized carbons (Fsp3) is 0.391. The second-order valence-electron chi connectivity index (χ2n) is 7.57. The minimum absolute atomic E-state index is 0.0290. The van der Waals surface area contributed by atoms with Crippen LogP contribution in [0.15, 0.2) is 54.6 Å². The van der Waals surface area contributed by atoms with E-state index in [1.807, 2.05) is 49.4 Å². The molecule has 1 saturated carbocycles. The van der Waals surface area contributed by atoms with Crippen molar-refractivity contribution in [3.63, 3.8) is 0 Å². The average Bonchev–Trinajstić information content (AvgIpc) is 3.48. The number of aldehydes is 1. The van der Waals surface area contributed by atoms with Crippen LogP contribution in [0.2, 0.25) is 0 Å². The van der Waals surface area contributed by atoms with Crippen LogP contribution in [-0.4, -0.2) is 36.0 Å². The van der Waals surface area contributed by atoms with Crippen LogP contribution in [-0.2, 0) is 20.7 Å². The highest BCUT2D eigenvalue weighted by Crippen LogP contribution is 2.43. The topological polar surface area (TPSA) is 46.6 Å². The summed E-state index contributed by atoms with van der Waals surface area (Å²) in [6.45, 7) is 2.34. The zero-order valence-corrected chi connectivity index (χ0v) is 15.6. The van der Waals surface area contributed by atoms with E-state index in [1.165, 1.54) is 18.4 Å². The summed E-state index contributed by atoms with van der Waals surface area (Å²) in [5.74, 6) is 0.260. The number of hydrogen-bond acceptors (Lipinski definition) is 3. The highest BCUT2D eigenvalue weighted by Gasteiger charge is 2.40. The summed E-state index contributed by atoms with van der Waals surface area (Å²) >= 11 is 0. The first kappa shape index (κ1) is 17.9. The van der Waals surface area contributed by atoms with Gasteiger partial charge in [-0.3, -0.25) is 9.59 Å². The van der Waals surface area contributed by atoms with Crippen molar-refractivity contribution in [3.8, 4) is 0 Å². The summed E-state index contributed by atoms with van der Waals surface area (Å²) in [6.07, 6.45) is 3.02. The van der Waals surface area contributed by atoms with Gasteiger partial charge < -0.3 is 9.64 Å². The molecule has 0 aromatic heterocycles. The van der Waals surface area contributed by atoms with Gasteiger partial charge in [-0.15, -0.1) is 0 Å². The number of benzene rings is 2. The van der Waals surface area contributed by atoms with Crippen molar-refractivity contribution < 1.29 is 14.3 Å². The molecular weight excluding hydrogens is 338 g/mol. The first-order valence-electron chi connectivity index (χ1n) is 9.71. The van der Waals surface area contributed by atoms with Crippen LogP contribution in [0.4, 0.5) is 0 Å². The molecule has 4 rings (SSSR count). The van der Waals surface area contributed by atoms with Gasteiger partial charge in [-0.2, -0.15) is 0 Å². The Balaban J connectivity index is 1.58. The van der Waals surface area contributed by atoms with Gasteiger partial charge in [-0.1, -0.05) is 54.6 Å². The van der Waals surface area contributed by atoms with Crippen molar-refractivity contribution in [2.24, 2.45) is 0 Å². The number of nitrogens with zero attached hydrogens (tertiary/aromatic N) is 1. The molecule has 2 fully saturated rings. The lowest BCUT2D eigenvalue weighted by Crippen LogP contribution is -2.45. The Labute approximate surface area is 160 Å². The Morgan fingerprint density at radius 2 is 1.85 bits per heavy atom. The van der Waals surface area contributed by atoms with Gasteiger partial charge in [0.05, 0.1) is 18.6 Å². The Kier molecular flexibility index (Phi) is 5.08. The van der Waals surface area contributed by atoms with E-state index in [2.05, 4.69) is 12.1 Å². The smallest absolute Gasteiger partial charge is 0.232 e. The van der Waals surface area contributed by atoms with Crippen molar-refractivity contribution in [3.05, 3.63) is 71.3 Å². The third-order valence-electron chi connectivity index (χ3n) is 5.66. The first-order valence-corrected chi connectivity index (χ1v) is 9.71. The summed E-state index contributed by atoms with van der Waals surface area (Å²) in [5, 5.41) is 0. The van der Waals surface area contributed by atoms with Crippen LogP contribution in [0.25, 0.3) is 0 Å². The van der Waals surface area contributed by atoms with Gasteiger partial charge >= 0.3 is 0 Å². The first-order chi connectivity index (χ1) is 13.2. The number of rotatable bonds is 6. The lowest BCUT2D eigenvalue weighted by atomic mass is 9.91. The fourth-order valence-electron chi connectivity index (χ4n) is 4.06. The van der Waals surface area contributed by atoms with Crippen LogP contribution in [0.1, 0.15) is 48.3 Å². The molecule has 4 nitrogen and oxygen atoms in total. The maximum atomic E-state index is 13.4. The highest BCUT2D eigenvalue weighted by molar-refractivity contribution is 5.86. The van der Waals surface area contributed by atoms with Gasteiger partial charge in [0.25, 0.3) is 0 Å². The van der Waals surface area contributed by atoms with Crippen LogP contribution in [0.5, 0.6) is 0 Å². The van der Waals surface area contributed by atoms with E-state index < -0.39 is 6.23 Å². The highest BCUT2D eigenvalue weighted by atomic mass is 16.5. The summed E-state index contributed by atoms with van der Waals surface area (Å²) in [4.78, 5) is 26.6. The molecule has 1 heterocycles. The molecule has 1 aliphatic carbocycles. The van der Waals surface area contributed by atoms with E-state index in [9.17, 15) is 9.59 Å². The molecule has 0 bridgehead atoms. The monoisotopic (exact) mass is 363 g/mol. The number of amides is 1. The Hall–Kier alpha value is -2.46. The molecule has 140 valence electrons. The quantitative estimate of drug-likeness (QED) is 0.736. The zero-order chi connectivity index (χ0) is 18.8. The summed E-state index contributed by atoms with van der Waals surface area (Å²) in [6, 6.07) is 18.1. The molecule has 1 aliphatic heterocycles. The van der Waals surface area contributed by atoms with Crippen molar-refractivity contribution in [1.29, 1.82) is 0 Å². The normalized spacial score (nSPS) is 23.2. The fourth-order valence-corrected chi connectivity index (χ4v) is 4.06. The van der Waals surface area contributed by atoms with E-state index in [1.54, 1.807) is 4.90 Å². The maximum absolute atomic E-state index is 13.4. The van der Waals surface area contributed by atoms with Gasteiger partial charge in [0.2, 0.25) is 5.91 Å². The summed E-state index contributed by atoms with van der Waals surface area (Å²) < 4.78 is 5.63. The minimum atomic E-state index is -0.790. The molecule has 27 heavy (non-hydrogen) atoms. The molecule has 0 spiro atoms. The Morgan fingerprint density at radius 1 is 1.15 bits per heavy atom. The third kappa shape index (κ3) is 3.67. The van der Waals surface area contributed by atoms with Gasteiger partial charge in [0, 0.05) is 0 Å². The standard InChI is InChI=1S/C23H25NO3/c1-16(20-9-5-6-10-21(20)18-11-12-18)23(26)24-19(15-27-22(24)14-25)13-17-7-3-2-4-8-17/h2-10,14,16,18-19,22H,11-13,15H2,1H3/t16?,19-,22?/m1/s1. The molecule has 2 aromatic carbocycles. The number of carbonyl (C=O) groups is 2. The summed E-state index contributed by atoms with van der Waals surface area (Å²) in [5.41, 5.74) is 3.50. The largest absolute Gasteiger partial charge is 0.349 e. The van der Waals surface area contributed by atoms with Crippen LogP contribution < -0.4 is 0 Å². The minimum Gasteiger partial charge on any atom is -0.349 e. The lowest BCUT2D eigenvalue weighted by molar-refractivity contribution is -0.143. The predicted molar refractivity (Wildman–Crippen MR) is 103 cm³/mol. The number of hydrogen-bond donors (Lipinski definition) is 0. The van der Waals surface area contributed by atoms with Crippen molar-refractivity contribution in [1.82, 2.24) is 4.90 Å². The van der Waals surface area contributed by atoms with Crippen molar-refractivity contribution in [2.75, 3.05) is 6.61 Å². The van der Waals surface area contributed by atoms with E-state index in [4.69, 9.17) is 4.74 Å². The molecular formula is C23H25NO3. The van der Waals surface area contributed by atoms with E-state index in [-0.39, 0.29) is 17.9 Å². The predicted octanol–water partition coefficient (Wildman–Crippen LogP) is 3.66. The van der Waals surface area contributed by atoms with Crippen LogP contribution >= 0.6 is 0 Å². The Bertz CT molecular complexity index is 815. The molecule has 4 heteroatoms. The van der Waals surface area contributed by atoms with Gasteiger partial charge in [0.1, 0.15) is 0 Å². The number of carbonyl (C=O) groups excluding carboxylic acids is 2. The molecule has 2 aliphatic rings. The van der Waals surface area contributed by atoms with Gasteiger partial charge in [-0.05, 0) is 48.8 Å². The average molecular weight is 363 g/mol. The molecule has 2 unspecified atom stereocenters. The van der Waals surface area contributed by atoms with E-state index in [0.29, 0.717) is 18.9 Å². The Morgan fingerprint density at radius 3 is 2.56 bits per heavy atom. The van der Waals surface area contributed by atoms with Crippen LogP contribution in [0.3, 0.4) is 0 Å². The second kappa shape index (κ2) is 7.65. The van der Waals surface area contributed by atoms with Crippen molar-refractivity contribution in [2.45, 2.75) is 50.3 Å². The molecule has 1 amide bonds. The molecule has 0 radical (unpaired) electrons. The van der Waals surface area contributed by atoms with Gasteiger partial charge in [-0.25, -0.2) is 0 Å². The molecule has 0 N–H and O–H groups in total. The molecule has 3 atom stereocenters. The lowest BCUT2D eigenvalue weighted by Gasteiger charge is -2.29. The van der Waals surface area contributed by atoms with Crippen LogP contribution in [0, 0.1) is 0 Å². The van der Waals surface area contributed by atoms with E-state index in [0.717, 1.165) is 17.4 Å². The van der Waals surface area contributed by atoms with Gasteiger partial charge in [0.15, 0.2) is 12.5 Å². The molecule has 1 saturated heterocycles. The maximum Gasteiger partial charge on any atom is 0.232 e. The number of ether oxygens (including phenoxy) is 1. The zero-order valence-electron chi connectivity index (χ0n) is 15.6.